The van der Waals surface area contributed by atoms with Crippen molar-refractivity contribution in [3.63, 3.8) is 0 Å². The van der Waals surface area contributed by atoms with Gasteiger partial charge in [0.2, 0.25) is 12.8 Å². The van der Waals surface area contributed by atoms with E-state index in [0.717, 1.165) is 0 Å². The summed E-state index contributed by atoms with van der Waals surface area (Å²) in [7, 11) is 1.79. The Balaban J connectivity index is 1.90. The van der Waals surface area contributed by atoms with Crippen LogP contribution in [-0.2, 0) is 14.3 Å². The average Bonchev–Trinajstić information content (AvgIpc) is 3.28. The number of carbonyl (C=O) groups excluding carboxylic acids is 2. The van der Waals surface area contributed by atoms with Crippen molar-refractivity contribution in [2.75, 3.05) is 26.8 Å². The number of amides is 2. The minimum atomic E-state index is -0.981. The number of hydrogen-bond donors (Lipinski definition) is 1. The van der Waals surface area contributed by atoms with Gasteiger partial charge in [-0.1, -0.05) is 42.5 Å². The molecule has 4 rings (SSSR count). The van der Waals surface area contributed by atoms with Gasteiger partial charge >= 0.3 is 18.0 Å². The van der Waals surface area contributed by atoms with Crippen LogP contribution in [0.1, 0.15) is 11.8 Å². The van der Waals surface area contributed by atoms with Gasteiger partial charge in [-0.25, -0.2) is 4.79 Å². The molecule has 8 nitrogen and oxygen atoms in total. The summed E-state index contributed by atoms with van der Waals surface area (Å²) in [5.41, 5.74) is 1.67. The fourth-order valence-corrected chi connectivity index (χ4v) is 3.27. The van der Waals surface area contributed by atoms with Crippen molar-refractivity contribution < 1.29 is 23.5 Å². The second-order valence-electron chi connectivity index (χ2n) is 6.37. The molecular formula is C20H20N3O5+. The third-order valence-corrected chi connectivity index (χ3v) is 4.65. The number of oxazole rings is 1. The molecule has 28 heavy (non-hydrogen) atoms. The van der Waals surface area contributed by atoms with Gasteiger partial charge in [-0.05, 0) is 23.7 Å². The number of likely N-dealkylation sites (N-methyl/N-ethyl adjacent to an activating group) is 1. The highest BCUT2D eigenvalue weighted by Gasteiger charge is 2.65. The summed E-state index contributed by atoms with van der Waals surface area (Å²) in [5.74, 6) is -0.491. The SMILES string of the molecule is CNCCOC(c1ccccc1)[N+]1(c2nc3ccccc3o2)C(=O)COC1=O. The molecule has 0 bridgehead atoms. The van der Waals surface area contributed by atoms with Crippen molar-refractivity contribution in [3.05, 3.63) is 60.2 Å². The summed E-state index contributed by atoms with van der Waals surface area (Å²) in [6.07, 6.45) is -1.75. The van der Waals surface area contributed by atoms with Crippen LogP contribution in [0.25, 0.3) is 11.1 Å². The fraction of sp³-hybridized carbons (Fsp3) is 0.250. The first-order valence-electron chi connectivity index (χ1n) is 8.94. The molecule has 1 aliphatic rings. The summed E-state index contributed by atoms with van der Waals surface area (Å²) in [4.78, 5) is 30.5. The molecule has 1 fully saturated rings. The van der Waals surface area contributed by atoms with Gasteiger partial charge in [-0.2, -0.15) is 9.78 Å². The molecule has 2 aromatic carbocycles. The topological polar surface area (TPSA) is 90.7 Å². The van der Waals surface area contributed by atoms with Crippen LogP contribution in [0.15, 0.2) is 59.0 Å². The maximum absolute atomic E-state index is 13.1. The summed E-state index contributed by atoms with van der Waals surface area (Å²) in [5, 5.41) is 2.99. The van der Waals surface area contributed by atoms with Gasteiger partial charge in [0.05, 0.1) is 6.61 Å². The van der Waals surface area contributed by atoms with Crippen LogP contribution in [0.5, 0.6) is 0 Å². The van der Waals surface area contributed by atoms with E-state index in [1.54, 1.807) is 43.4 Å². The van der Waals surface area contributed by atoms with Gasteiger partial charge in [0, 0.05) is 12.1 Å². The van der Waals surface area contributed by atoms with E-state index in [4.69, 9.17) is 13.9 Å². The zero-order valence-corrected chi connectivity index (χ0v) is 15.3. The van der Waals surface area contributed by atoms with E-state index in [2.05, 4.69) is 10.3 Å². The molecule has 0 spiro atoms. The third-order valence-electron chi connectivity index (χ3n) is 4.65. The summed E-state index contributed by atoms with van der Waals surface area (Å²) in [6.45, 7) is 0.452. The summed E-state index contributed by atoms with van der Waals surface area (Å²) in [6, 6.07) is 16.1. The van der Waals surface area contributed by atoms with Gasteiger partial charge in [0.1, 0.15) is 5.52 Å². The van der Waals surface area contributed by atoms with E-state index in [1.165, 1.54) is 0 Å². The lowest BCUT2D eigenvalue weighted by Crippen LogP contribution is -2.57. The number of nitrogens with one attached hydrogen (secondary N) is 1. The average molecular weight is 382 g/mol. The Morgan fingerprint density at radius 3 is 2.57 bits per heavy atom. The predicted molar refractivity (Wildman–Crippen MR) is 101 cm³/mol. The second kappa shape index (κ2) is 7.51. The monoisotopic (exact) mass is 382 g/mol. The van der Waals surface area contributed by atoms with Crippen LogP contribution in [-0.4, -0.2) is 43.8 Å². The van der Waals surface area contributed by atoms with Crippen molar-refractivity contribution in [1.82, 2.24) is 14.8 Å². The molecule has 1 aromatic heterocycles. The predicted octanol–water partition coefficient (Wildman–Crippen LogP) is 2.75. The van der Waals surface area contributed by atoms with Gasteiger partial charge in [0.15, 0.2) is 5.58 Å². The fourth-order valence-electron chi connectivity index (χ4n) is 3.27. The number of carbonyl (C=O) groups is 2. The lowest BCUT2D eigenvalue weighted by Gasteiger charge is -2.29. The molecule has 2 unspecified atom stereocenters. The van der Waals surface area contributed by atoms with Gasteiger partial charge in [-0.15, -0.1) is 0 Å². The van der Waals surface area contributed by atoms with Gasteiger partial charge < -0.3 is 19.2 Å². The first-order valence-corrected chi connectivity index (χ1v) is 8.94. The first-order chi connectivity index (χ1) is 13.7. The molecule has 144 valence electrons. The number of hydrogen-bond acceptors (Lipinski definition) is 7. The number of para-hydroxylation sites is 2. The van der Waals surface area contributed by atoms with Gasteiger partial charge in [0.25, 0.3) is 0 Å². The lowest BCUT2D eigenvalue weighted by atomic mass is 10.1. The van der Waals surface area contributed by atoms with Crippen molar-refractivity contribution in [3.8, 4) is 0 Å². The van der Waals surface area contributed by atoms with Gasteiger partial charge in [-0.3, -0.25) is 0 Å². The molecule has 3 aromatic rings. The van der Waals surface area contributed by atoms with Crippen LogP contribution in [0, 0.1) is 0 Å². The van der Waals surface area contributed by atoms with E-state index in [0.29, 0.717) is 23.2 Å². The Kier molecular flexibility index (Phi) is 4.91. The third kappa shape index (κ3) is 2.88. The smallest absolute Gasteiger partial charge is 0.405 e. The van der Waals surface area contributed by atoms with Crippen LogP contribution in [0.4, 0.5) is 10.8 Å². The number of aromatic nitrogens is 1. The highest BCUT2D eigenvalue weighted by molar-refractivity contribution is 6.10. The normalized spacial score (nSPS) is 20.5. The molecule has 8 heteroatoms. The van der Waals surface area contributed by atoms with Crippen molar-refractivity contribution in [1.29, 1.82) is 0 Å². The molecule has 0 saturated carbocycles. The number of imide groups is 1. The second-order valence-corrected chi connectivity index (χ2v) is 6.37. The number of quaternary nitrogens is 1. The van der Waals surface area contributed by atoms with E-state index in [1.807, 2.05) is 18.2 Å². The van der Waals surface area contributed by atoms with E-state index in [9.17, 15) is 9.59 Å². The molecule has 2 heterocycles. The maximum atomic E-state index is 13.1. The van der Waals surface area contributed by atoms with E-state index in [-0.39, 0.29) is 19.2 Å². The molecule has 1 aliphatic heterocycles. The molecule has 0 radical (unpaired) electrons. The first kappa shape index (κ1) is 18.3. The number of ether oxygens (including phenoxy) is 2. The number of nitrogens with zero attached hydrogens (tertiary/aromatic N) is 2. The molecule has 1 saturated heterocycles. The Morgan fingerprint density at radius 2 is 1.89 bits per heavy atom. The van der Waals surface area contributed by atoms with Crippen molar-refractivity contribution in [2.24, 2.45) is 0 Å². The zero-order valence-electron chi connectivity index (χ0n) is 15.3. The number of fused-ring (bicyclic) bond motifs is 1. The van der Waals surface area contributed by atoms with Crippen LogP contribution in [0.2, 0.25) is 0 Å². The number of rotatable bonds is 7. The Labute approximate surface area is 161 Å². The largest absolute Gasteiger partial charge is 0.536 e. The number of benzene rings is 2. The Bertz CT molecular complexity index is 952. The highest BCUT2D eigenvalue weighted by atomic mass is 16.6. The Hall–Kier alpha value is -3.07. The quantitative estimate of drug-likeness (QED) is 0.496. The van der Waals surface area contributed by atoms with E-state index < -0.39 is 22.7 Å². The minimum Gasteiger partial charge on any atom is -0.405 e. The molecule has 2 atom stereocenters. The maximum Gasteiger partial charge on any atom is 0.536 e. The van der Waals surface area contributed by atoms with Crippen LogP contribution >= 0.6 is 0 Å². The molecule has 1 N–H and O–H groups in total. The zero-order chi connectivity index (χ0) is 19.6. The van der Waals surface area contributed by atoms with E-state index >= 15 is 0 Å². The number of cyclic esters (lactones) is 1. The molecule has 0 aliphatic carbocycles. The summed E-state index contributed by atoms with van der Waals surface area (Å²) >= 11 is 0. The minimum absolute atomic E-state index is 0.0630. The van der Waals surface area contributed by atoms with Crippen LogP contribution in [0.3, 0.4) is 0 Å². The van der Waals surface area contributed by atoms with Crippen LogP contribution < -0.4 is 9.80 Å². The van der Waals surface area contributed by atoms with Crippen molar-refractivity contribution in [2.45, 2.75) is 6.23 Å². The standard InChI is InChI=1S/C20H20N3O5/c1-21-11-12-26-18(14-7-3-2-4-8-14)23(17(24)13-27-20(23)25)19-22-15-9-5-6-10-16(15)28-19/h2-10,18,21H,11-13H2,1H3/q+1. The van der Waals surface area contributed by atoms with Crippen molar-refractivity contribution >= 4 is 29.1 Å². The summed E-state index contributed by atoms with van der Waals surface area (Å²) < 4.78 is 16.1. The Morgan fingerprint density at radius 1 is 1.14 bits per heavy atom. The lowest BCUT2D eigenvalue weighted by molar-refractivity contribution is -0.136. The molecule has 2 amide bonds. The highest BCUT2D eigenvalue weighted by Crippen LogP contribution is 2.41. The molecular weight excluding hydrogens is 362 g/mol.